The lowest BCUT2D eigenvalue weighted by molar-refractivity contribution is 0.224. The lowest BCUT2D eigenvalue weighted by atomic mass is 9.93. The first kappa shape index (κ1) is 9.46. The van der Waals surface area contributed by atoms with Gasteiger partial charge in [0.15, 0.2) is 0 Å². The van der Waals surface area contributed by atoms with Crippen LogP contribution < -0.4 is 5.32 Å². The molecule has 1 aromatic rings. The molecule has 0 radical (unpaired) electrons. The average molecular weight is 195 g/mol. The number of hydrogen-bond donors (Lipinski definition) is 2. The molecule has 1 aliphatic rings. The maximum atomic E-state index is 13.6. The maximum Gasteiger partial charge on any atom is 0.126 e. The predicted molar refractivity (Wildman–Crippen MR) is 52.9 cm³/mol. The van der Waals surface area contributed by atoms with Crippen LogP contribution in [0.25, 0.3) is 0 Å². The standard InChI is InChI=1S/C11H14FNO/c12-11(4-8-6-13-7-8)9-2-1-3-10(14)5-9/h1-3,5,8,11,13-14H,4,6-7H2. The minimum absolute atomic E-state index is 0.136. The summed E-state index contributed by atoms with van der Waals surface area (Å²) >= 11 is 0. The van der Waals surface area contributed by atoms with Crippen molar-refractivity contribution in [3.8, 4) is 5.75 Å². The Morgan fingerprint density at radius 1 is 1.50 bits per heavy atom. The molecule has 14 heavy (non-hydrogen) atoms. The van der Waals surface area contributed by atoms with Crippen LogP contribution in [0.1, 0.15) is 18.2 Å². The Balaban J connectivity index is 1.98. The minimum Gasteiger partial charge on any atom is -0.508 e. The van der Waals surface area contributed by atoms with E-state index in [0.717, 1.165) is 13.1 Å². The molecule has 0 spiro atoms. The summed E-state index contributed by atoms with van der Waals surface area (Å²) in [5.41, 5.74) is 0.580. The second kappa shape index (κ2) is 3.96. The third kappa shape index (κ3) is 2.04. The van der Waals surface area contributed by atoms with Gasteiger partial charge in [0.05, 0.1) is 0 Å². The highest BCUT2D eigenvalue weighted by atomic mass is 19.1. The zero-order chi connectivity index (χ0) is 9.97. The van der Waals surface area contributed by atoms with Gasteiger partial charge >= 0.3 is 0 Å². The summed E-state index contributed by atoms with van der Waals surface area (Å²) < 4.78 is 13.6. The summed E-state index contributed by atoms with van der Waals surface area (Å²) in [6.45, 7) is 1.83. The van der Waals surface area contributed by atoms with E-state index in [0.29, 0.717) is 17.9 Å². The largest absolute Gasteiger partial charge is 0.508 e. The van der Waals surface area contributed by atoms with E-state index in [1.54, 1.807) is 18.2 Å². The van der Waals surface area contributed by atoms with Crippen molar-refractivity contribution in [1.29, 1.82) is 0 Å². The number of phenols is 1. The predicted octanol–water partition coefficient (Wildman–Crippen LogP) is 2.01. The molecule has 1 heterocycles. The molecule has 0 aromatic heterocycles. The first-order chi connectivity index (χ1) is 6.75. The topological polar surface area (TPSA) is 32.3 Å². The van der Waals surface area contributed by atoms with Crippen LogP contribution in [0.15, 0.2) is 24.3 Å². The molecule has 1 aliphatic heterocycles. The molecule has 2 rings (SSSR count). The molecule has 0 saturated carbocycles. The van der Waals surface area contributed by atoms with Crippen LogP contribution in [-0.2, 0) is 0 Å². The van der Waals surface area contributed by atoms with E-state index in [1.807, 2.05) is 0 Å². The number of alkyl halides is 1. The number of benzene rings is 1. The fourth-order valence-electron chi connectivity index (χ4n) is 1.66. The second-order valence-electron chi connectivity index (χ2n) is 3.82. The molecule has 1 aromatic carbocycles. The van der Waals surface area contributed by atoms with Crippen molar-refractivity contribution in [2.75, 3.05) is 13.1 Å². The van der Waals surface area contributed by atoms with Crippen LogP contribution in [-0.4, -0.2) is 18.2 Å². The van der Waals surface area contributed by atoms with Gasteiger partial charge in [0.25, 0.3) is 0 Å². The number of aromatic hydroxyl groups is 1. The van der Waals surface area contributed by atoms with Crippen LogP contribution in [0.5, 0.6) is 5.75 Å². The highest BCUT2D eigenvalue weighted by Crippen LogP contribution is 2.28. The van der Waals surface area contributed by atoms with E-state index < -0.39 is 6.17 Å². The molecule has 0 bridgehead atoms. The van der Waals surface area contributed by atoms with Crippen molar-refractivity contribution in [1.82, 2.24) is 5.32 Å². The van der Waals surface area contributed by atoms with Gasteiger partial charge in [0.1, 0.15) is 11.9 Å². The number of rotatable bonds is 3. The van der Waals surface area contributed by atoms with Gasteiger partial charge in [-0.3, -0.25) is 0 Å². The highest BCUT2D eigenvalue weighted by Gasteiger charge is 2.22. The summed E-state index contributed by atoms with van der Waals surface area (Å²) in [5.74, 6) is 0.587. The average Bonchev–Trinajstić information content (AvgIpc) is 2.11. The van der Waals surface area contributed by atoms with Gasteiger partial charge < -0.3 is 10.4 Å². The Morgan fingerprint density at radius 3 is 2.86 bits per heavy atom. The van der Waals surface area contributed by atoms with Gasteiger partial charge in [-0.15, -0.1) is 0 Å². The Morgan fingerprint density at radius 2 is 2.29 bits per heavy atom. The van der Waals surface area contributed by atoms with Gasteiger partial charge in [0.2, 0.25) is 0 Å². The van der Waals surface area contributed by atoms with Crippen molar-refractivity contribution in [2.24, 2.45) is 5.92 Å². The van der Waals surface area contributed by atoms with Gasteiger partial charge in [0, 0.05) is 0 Å². The normalized spacial score (nSPS) is 18.9. The Labute approximate surface area is 82.8 Å². The van der Waals surface area contributed by atoms with E-state index in [-0.39, 0.29) is 5.75 Å². The summed E-state index contributed by atoms with van der Waals surface area (Å²) in [6.07, 6.45) is -0.398. The van der Waals surface area contributed by atoms with E-state index in [4.69, 9.17) is 0 Å². The molecule has 1 unspecified atom stereocenters. The maximum absolute atomic E-state index is 13.6. The third-order valence-electron chi connectivity index (χ3n) is 2.64. The van der Waals surface area contributed by atoms with Crippen molar-refractivity contribution in [3.05, 3.63) is 29.8 Å². The molecule has 76 valence electrons. The molecule has 0 aliphatic carbocycles. The van der Waals surface area contributed by atoms with Crippen LogP contribution in [0.2, 0.25) is 0 Å². The molecular weight excluding hydrogens is 181 g/mol. The number of hydrogen-bond acceptors (Lipinski definition) is 2. The van der Waals surface area contributed by atoms with E-state index in [1.165, 1.54) is 6.07 Å². The zero-order valence-electron chi connectivity index (χ0n) is 7.91. The Kier molecular flexibility index (Phi) is 2.68. The number of nitrogens with one attached hydrogen (secondary N) is 1. The highest BCUT2D eigenvalue weighted by molar-refractivity contribution is 5.28. The SMILES string of the molecule is Oc1cccc(C(F)CC2CNC2)c1. The molecular formula is C11H14FNO. The zero-order valence-corrected chi connectivity index (χ0v) is 7.91. The van der Waals surface area contributed by atoms with E-state index in [2.05, 4.69) is 5.32 Å². The third-order valence-corrected chi connectivity index (χ3v) is 2.64. The Bertz CT molecular complexity index is 312. The fourth-order valence-corrected chi connectivity index (χ4v) is 1.66. The fraction of sp³-hybridized carbons (Fsp3) is 0.455. The monoisotopic (exact) mass is 195 g/mol. The number of halogens is 1. The van der Waals surface area contributed by atoms with Crippen molar-refractivity contribution in [2.45, 2.75) is 12.6 Å². The van der Waals surface area contributed by atoms with Gasteiger partial charge in [-0.25, -0.2) is 4.39 Å². The van der Waals surface area contributed by atoms with Crippen LogP contribution >= 0.6 is 0 Å². The van der Waals surface area contributed by atoms with Crippen molar-refractivity contribution in [3.63, 3.8) is 0 Å². The van der Waals surface area contributed by atoms with Crippen LogP contribution in [0.3, 0.4) is 0 Å². The second-order valence-corrected chi connectivity index (χ2v) is 3.82. The molecule has 1 saturated heterocycles. The summed E-state index contributed by atoms with van der Waals surface area (Å²) in [6, 6.07) is 6.45. The van der Waals surface area contributed by atoms with Crippen molar-refractivity contribution < 1.29 is 9.50 Å². The minimum atomic E-state index is -0.950. The smallest absolute Gasteiger partial charge is 0.126 e. The van der Waals surface area contributed by atoms with Gasteiger partial charge in [-0.1, -0.05) is 12.1 Å². The molecule has 2 nitrogen and oxygen atoms in total. The van der Waals surface area contributed by atoms with E-state index >= 15 is 0 Å². The van der Waals surface area contributed by atoms with Crippen LogP contribution in [0.4, 0.5) is 4.39 Å². The number of phenolic OH excluding ortho intramolecular Hbond substituents is 1. The summed E-state index contributed by atoms with van der Waals surface area (Å²) in [5, 5.41) is 12.3. The molecule has 3 heteroatoms. The first-order valence-electron chi connectivity index (χ1n) is 4.89. The summed E-state index contributed by atoms with van der Waals surface area (Å²) in [4.78, 5) is 0. The van der Waals surface area contributed by atoms with Gasteiger partial charge in [-0.05, 0) is 43.1 Å². The van der Waals surface area contributed by atoms with E-state index in [9.17, 15) is 9.50 Å². The van der Waals surface area contributed by atoms with Crippen LogP contribution in [0, 0.1) is 5.92 Å². The van der Waals surface area contributed by atoms with Gasteiger partial charge in [-0.2, -0.15) is 0 Å². The Hall–Kier alpha value is -1.09. The molecule has 1 atom stereocenters. The van der Waals surface area contributed by atoms with Crippen molar-refractivity contribution >= 4 is 0 Å². The molecule has 2 N–H and O–H groups in total. The first-order valence-corrected chi connectivity index (χ1v) is 4.89. The quantitative estimate of drug-likeness (QED) is 0.773. The lowest BCUT2D eigenvalue weighted by Crippen LogP contribution is -2.42. The summed E-state index contributed by atoms with van der Waals surface area (Å²) in [7, 11) is 0. The molecule has 1 fully saturated rings. The molecule has 0 amide bonds. The lowest BCUT2D eigenvalue weighted by Gasteiger charge is -2.28.